The molecule has 2 aliphatic rings. The monoisotopic (exact) mass is 359 g/mol. The number of likely N-dealkylation sites (N-methyl/N-ethyl adjacent to an activating group) is 1. The molecule has 1 aromatic carbocycles. The highest BCUT2D eigenvalue weighted by molar-refractivity contribution is 5.95. The average molecular weight is 359 g/mol. The predicted molar refractivity (Wildman–Crippen MR) is 96.6 cm³/mol. The van der Waals surface area contributed by atoms with Crippen LogP contribution in [-0.4, -0.2) is 56.5 Å². The van der Waals surface area contributed by atoms with Gasteiger partial charge in [-0.2, -0.15) is 0 Å². The van der Waals surface area contributed by atoms with Gasteiger partial charge in [0.25, 0.3) is 5.91 Å². The van der Waals surface area contributed by atoms with Crippen LogP contribution in [0.3, 0.4) is 0 Å². The van der Waals surface area contributed by atoms with Crippen LogP contribution < -0.4 is 20.9 Å². The van der Waals surface area contributed by atoms with E-state index in [4.69, 9.17) is 0 Å². The van der Waals surface area contributed by atoms with Gasteiger partial charge in [-0.05, 0) is 12.1 Å². The molecule has 1 aromatic rings. The summed E-state index contributed by atoms with van der Waals surface area (Å²) in [6.07, 6.45) is 2.80. The number of rotatable bonds is 5. The molecule has 3 amide bonds. The highest BCUT2D eigenvalue weighted by Gasteiger charge is 2.52. The van der Waals surface area contributed by atoms with Gasteiger partial charge in [-0.3, -0.25) is 14.4 Å². The molecule has 0 aromatic heterocycles. The molecule has 0 spiro atoms. The number of nitrogens with one attached hydrogen (secondary N) is 4. The van der Waals surface area contributed by atoms with Crippen molar-refractivity contribution in [2.75, 3.05) is 20.6 Å². The second kappa shape index (κ2) is 7.86. The maximum Gasteiger partial charge on any atom is 0.251 e. The lowest BCUT2D eigenvalue weighted by Crippen LogP contribution is -3.17. The van der Waals surface area contributed by atoms with Gasteiger partial charge in [0.15, 0.2) is 0 Å². The number of fused-ring (bicyclic) bond motifs is 2. The van der Waals surface area contributed by atoms with E-state index in [9.17, 15) is 14.4 Å². The molecule has 2 heterocycles. The minimum Gasteiger partial charge on any atom is -0.358 e. The van der Waals surface area contributed by atoms with E-state index in [1.165, 1.54) is 11.9 Å². The summed E-state index contributed by atoms with van der Waals surface area (Å²) in [7, 11) is 3.66. The summed E-state index contributed by atoms with van der Waals surface area (Å²) in [5.41, 5.74) is 0.593. The zero-order valence-corrected chi connectivity index (χ0v) is 15.2. The SMILES string of the molecule is CNC(=O)CNC(=O)[C@H]1C(NC(=O)c2ccccc2)CC2CCC1[NH+]2C. The third-order valence-electron chi connectivity index (χ3n) is 5.82. The molecule has 3 rings (SSSR count). The third-order valence-corrected chi connectivity index (χ3v) is 5.82. The first-order valence-electron chi connectivity index (χ1n) is 9.18. The first kappa shape index (κ1) is 18.4. The van der Waals surface area contributed by atoms with Gasteiger partial charge in [0.2, 0.25) is 11.8 Å². The number of carbonyl (C=O) groups is 3. The van der Waals surface area contributed by atoms with Crippen molar-refractivity contribution in [3.63, 3.8) is 0 Å². The van der Waals surface area contributed by atoms with E-state index in [0.717, 1.165) is 19.3 Å². The molecule has 0 radical (unpaired) electrons. The number of amides is 3. The third kappa shape index (κ3) is 3.72. The Morgan fingerprint density at radius 3 is 2.58 bits per heavy atom. The molecule has 2 aliphatic heterocycles. The van der Waals surface area contributed by atoms with Gasteiger partial charge in [0, 0.05) is 31.9 Å². The number of carbonyl (C=O) groups excluding carboxylic acids is 3. The summed E-state index contributed by atoms with van der Waals surface area (Å²) in [4.78, 5) is 38.2. The molecule has 140 valence electrons. The van der Waals surface area contributed by atoms with Crippen LogP contribution in [-0.2, 0) is 9.59 Å². The smallest absolute Gasteiger partial charge is 0.251 e. The summed E-state index contributed by atoms with van der Waals surface area (Å²) >= 11 is 0. The second-order valence-corrected chi connectivity index (χ2v) is 7.22. The van der Waals surface area contributed by atoms with E-state index in [1.54, 1.807) is 12.1 Å². The first-order valence-corrected chi connectivity index (χ1v) is 9.18. The van der Waals surface area contributed by atoms with Crippen molar-refractivity contribution in [2.45, 2.75) is 37.4 Å². The van der Waals surface area contributed by atoms with E-state index >= 15 is 0 Å². The van der Waals surface area contributed by atoms with Crippen molar-refractivity contribution < 1.29 is 19.3 Å². The van der Waals surface area contributed by atoms with Gasteiger partial charge < -0.3 is 20.9 Å². The Labute approximate surface area is 153 Å². The van der Waals surface area contributed by atoms with Gasteiger partial charge in [-0.15, -0.1) is 0 Å². The van der Waals surface area contributed by atoms with Crippen LogP contribution in [0.1, 0.15) is 29.6 Å². The molecule has 0 saturated carbocycles. The van der Waals surface area contributed by atoms with Gasteiger partial charge in [-0.25, -0.2) is 0 Å². The van der Waals surface area contributed by atoms with E-state index in [-0.39, 0.29) is 42.3 Å². The normalized spacial score (nSPS) is 29.7. The number of benzene rings is 1. The number of hydrogen-bond donors (Lipinski definition) is 4. The van der Waals surface area contributed by atoms with Crippen LogP contribution in [0.15, 0.2) is 30.3 Å². The fraction of sp³-hybridized carbons (Fsp3) is 0.526. The molecular formula is C19H27N4O3+. The fourth-order valence-electron chi connectivity index (χ4n) is 4.37. The Morgan fingerprint density at radius 2 is 1.88 bits per heavy atom. The van der Waals surface area contributed by atoms with Crippen LogP contribution in [0, 0.1) is 5.92 Å². The Kier molecular flexibility index (Phi) is 5.56. The summed E-state index contributed by atoms with van der Waals surface area (Å²) in [6.45, 7) is -0.0413. The van der Waals surface area contributed by atoms with Crippen LogP contribution >= 0.6 is 0 Å². The van der Waals surface area contributed by atoms with Crippen molar-refractivity contribution >= 4 is 17.7 Å². The van der Waals surface area contributed by atoms with E-state index in [1.807, 2.05) is 18.2 Å². The maximum atomic E-state index is 12.8. The highest BCUT2D eigenvalue weighted by Crippen LogP contribution is 2.28. The summed E-state index contributed by atoms with van der Waals surface area (Å²) in [5.74, 6) is -0.870. The van der Waals surface area contributed by atoms with Crippen LogP contribution in [0.4, 0.5) is 0 Å². The van der Waals surface area contributed by atoms with E-state index in [2.05, 4.69) is 23.0 Å². The van der Waals surface area contributed by atoms with Crippen molar-refractivity contribution in [3.05, 3.63) is 35.9 Å². The van der Waals surface area contributed by atoms with Crippen LogP contribution in [0.5, 0.6) is 0 Å². The maximum absolute atomic E-state index is 12.8. The van der Waals surface area contributed by atoms with Crippen molar-refractivity contribution in [2.24, 2.45) is 5.92 Å². The molecule has 2 bridgehead atoms. The lowest BCUT2D eigenvalue weighted by atomic mass is 9.84. The molecule has 2 saturated heterocycles. The zero-order chi connectivity index (χ0) is 18.7. The molecule has 2 fully saturated rings. The van der Waals surface area contributed by atoms with Crippen molar-refractivity contribution in [1.29, 1.82) is 0 Å². The highest BCUT2D eigenvalue weighted by atomic mass is 16.2. The van der Waals surface area contributed by atoms with Gasteiger partial charge in [-0.1, -0.05) is 18.2 Å². The molecule has 0 aliphatic carbocycles. The lowest BCUT2D eigenvalue weighted by molar-refractivity contribution is -0.925. The molecule has 7 nitrogen and oxygen atoms in total. The predicted octanol–water partition coefficient (Wildman–Crippen LogP) is -1.29. The van der Waals surface area contributed by atoms with Gasteiger partial charge in [0.1, 0.15) is 12.0 Å². The largest absolute Gasteiger partial charge is 0.358 e. The van der Waals surface area contributed by atoms with Crippen molar-refractivity contribution in [1.82, 2.24) is 16.0 Å². The Balaban J connectivity index is 1.74. The Morgan fingerprint density at radius 1 is 1.15 bits per heavy atom. The zero-order valence-electron chi connectivity index (χ0n) is 15.2. The molecule has 26 heavy (non-hydrogen) atoms. The minimum atomic E-state index is -0.328. The van der Waals surface area contributed by atoms with Gasteiger partial charge >= 0.3 is 0 Å². The Hall–Kier alpha value is -2.41. The standard InChI is InChI=1S/C19H26N4O3/c1-20-16(24)11-21-19(26)17-14(10-13-8-9-15(17)23(13)2)22-18(25)12-6-4-3-5-7-12/h3-7,13-15,17H,8-11H2,1-2H3,(H,20,24)(H,21,26)(H,22,25)/p+1/t13?,14?,15?,17-/m0/s1. The number of quaternary nitrogens is 1. The average Bonchev–Trinajstić information content (AvgIpc) is 2.89. The van der Waals surface area contributed by atoms with Gasteiger partial charge in [0.05, 0.1) is 25.7 Å². The summed E-state index contributed by atoms with van der Waals surface area (Å²) < 4.78 is 0. The molecular weight excluding hydrogens is 332 g/mol. The molecule has 4 N–H and O–H groups in total. The Bertz CT molecular complexity index is 679. The number of piperidine rings is 1. The van der Waals surface area contributed by atoms with E-state index < -0.39 is 0 Å². The summed E-state index contributed by atoms with van der Waals surface area (Å²) in [5, 5.41) is 8.31. The minimum absolute atomic E-state index is 0.0413. The lowest BCUT2D eigenvalue weighted by Gasteiger charge is -2.39. The second-order valence-electron chi connectivity index (χ2n) is 7.22. The van der Waals surface area contributed by atoms with Crippen LogP contribution in [0.25, 0.3) is 0 Å². The van der Waals surface area contributed by atoms with Crippen molar-refractivity contribution in [3.8, 4) is 0 Å². The van der Waals surface area contributed by atoms with E-state index in [0.29, 0.717) is 11.6 Å². The first-order chi connectivity index (χ1) is 12.5. The molecule has 7 heteroatoms. The quantitative estimate of drug-likeness (QED) is 0.527. The topological polar surface area (TPSA) is 91.7 Å². The van der Waals surface area contributed by atoms with Crippen LogP contribution in [0.2, 0.25) is 0 Å². The fourth-order valence-corrected chi connectivity index (χ4v) is 4.37. The number of hydrogen-bond acceptors (Lipinski definition) is 3. The molecule has 5 atom stereocenters. The molecule has 4 unspecified atom stereocenters. The summed E-state index contributed by atoms with van der Waals surface area (Å²) in [6, 6.07) is 9.47.